The molecule has 5 saturated carbocycles. The van der Waals surface area contributed by atoms with Crippen molar-refractivity contribution in [3.05, 3.63) is 0 Å². The van der Waals surface area contributed by atoms with Gasteiger partial charge in [-0.2, -0.15) is 0 Å². The molecular formula is C15H16Br2O2. The summed E-state index contributed by atoms with van der Waals surface area (Å²) in [6.07, 6.45) is 5.13. The number of carbonyl (C=O) groups excluding carboxylic acids is 2. The highest BCUT2D eigenvalue weighted by Crippen LogP contribution is 2.80. The van der Waals surface area contributed by atoms with Crippen LogP contribution in [0.25, 0.3) is 0 Å². The molecule has 0 aromatic carbocycles. The summed E-state index contributed by atoms with van der Waals surface area (Å²) in [5, 5.41) is 0. The number of Topliss-reactive ketones (excluding diaryl/α,β-unsaturated/α-hetero) is 2. The maximum absolute atomic E-state index is 12.6. The molecule has 2 nitrogen and oxygen atoms in total. The zero-order valence-electron chi connectivity index (χ0n) is 10.5. The van der Waals surface area contributed by atoms with Crippen LogP contribution < -0.4 is 0 Å². The van der Waals surface area contributed by atoms with Crippen molar-refractivity contribution in [3.63, 3.8) is 0 Å². The molecule has 102 valence electrons. The number of alkyl halides is 2. The maximum Gasteiger partial charge on any atom is 0.150 e. The van der Waals surface area contributed by atoms with E-state index in [1.165, 1.54) is 25.7 Å². The molecule has 8 atom stereocenters. The Morgan fingerprint density at radius 1 is 0.842 bits per heavy atom. The number of fused-ring (bicyclic) bond motifs is 2. The molecule has 4 heteroatoms. The zero-order valence-corrected chi connectivity index (χ0v) is 13.7. The quantitative estimate of drug-likeness (QED) is 0.599. The Bertz CT molecular complexity index is 470. The molecule has 0 aliphatic heterocycles. The lowest BCUT2D eigenvalue weighted by Gasteiger charge is -2.30. The maximum atomic E-state index is 12.6. The standard InChI is InChI=1S/C15H16Br2O2/c16-11-5-6-10-8(14(19)12(6)17)7(13(11)18)9(5)15(10)3-1-2-4-15/h5-12H,1-4H2/t5-,6+,7-,8-,9+,10-,11+,12-/m0/s1. The lowest BCUT2D eigenvalue weighted by Crippen LogP contribution is -2.29. The van der Waals surface area contributed by atoms with E-state index in [9.17, 15) is 9.59 Å². The molecular weight excluding hydrogens is 372 g/mol. The summed E-state index contributed by atoms with van der Waals surface area (Å²) in [7, 11) is 0. The van der Waals surface area contributed by atoms with Crippen LogP contribution in [0.4, 0.5) is 0 Å². The first kappa shape index (κ1) is 11.9. The fourth-order valence-corrected chi connectivity index (χ4v) is 8.99. The minimum atomic E-state index is 0.0214. The van der Waals surface area contributed by atoms with Gasteiger partial charge < -0.3 is 0 Å². The van der Waals surface area contributed by atoms with Crippen molar-refractivity contribution >= 4 is 43.4 Å². The van der Waals surface area contributed by atoms with E-state index in [0.29, 0.717) is 40.7 Å². The summed E-state index contributed by atoms with van der Waals surface area (Å²) >= 11 is 7.35. The molecule has 0 N–H and O–H groups in total. The Morgan fingerprint density at radius 3 is 1.68 bits per heavy atom. The third-order valence-corrected chi connectivity index (χ3v) is 9.30. The normalized spacial score (nSPS) is 59.9. The van der Waals surface area contributed by atoms with Gasteiger partial charge in [-0.25, -0.2) is 0 Å². The average Bonchev–Trinajstić information content (AvgIpc) is 3.13. The topological polar surface area (TPSA) is 34.1 Å². The molecule has 0 radical (unpaired) electrons. The first-order valence-corrected chi connectivity index (χ1v) is 9.28. The van der Waals surface area contributed by atoms with Gasteiger partial charge in [-0.15, -0.1) is 0 Å². The third kappa shape index (κ3) is 1.01. The zero-order chi connectivity index (χ0) is 13.1. The van der Waals surface area contributed by atoms with Crippen LogP contribution in [0.2, 0.25) is 0 Å². The van der Waals surface area contributed by atoms with Crippen LogP contribution in [0.15, 0.2) is 0 Å². The highest BCUT2D eigenvalue weighted by molar-refractivity contribution is 9.10. The van der Waals surface area contributed by atoms with E-state index in [-0.39, 0.29) is 21.5 Å². The average molecular weight is 388 g/mol. The fraction of sp³-hybridized carbons (Fsp3) is 0.867. The van der Waals surface area contributed by atoms with Gasteiger partial charge in [-0.05, 0) is 41.9 Å². The minimum Gasteiger partial charge on any atom is -0.298 e. The van der Waals surface area contributed by atoms with Gasteiger partial charge in [0.15, 0.2) is 11.6 Å². The predicted octanol–water partition coefficient (Wildman–Crippen LogP) is 2.96. The van der Waals surface area contributed by atoms with Crippen molar-refractivity contribution in [2.24, 2.45) is 40.9 Å². The number of ketones is 2. The third-order valence-electron chi connectivity index (χ3n) is 7.17. The van der Waals surface area contributed by atoms with Gasteiger partial charge in [0.1, 0.15) is 0 Å². The summed E-state index contributed by atoms with van der Waals surface area (Å²) in [6, 6.07) is 0. The number of rotatable bonds is 0. The van der Waals surface area contributed by atoms with Crippen molar-refractivity contribution < 1.29 is 9.59 Å². The Labute approximate surface area is 129 Å². The first-order chi connectivity index (χ1) is 9.09. The highest BCUT2D eigenvalue weighted by Gasteiger charge is 2.82. The van der Waals surface area contributed by atoms with E-state index in [1.54, 1.807) is 0 Å². The predicted molar refractivity (Wildman–Crippen MR) is 77.3 cm³/mol. The lowest BCUT2D eigenvalue weighted by atomic mass is 9.74. The second-order valence-electron chi connectivity index (χ2n) is 7.31. The van der Waals surface area contributed by atoms with Crippen LogP contribution in [0, 0.1) is 40.9 Å². The SMILES string of the molecule is O=C1[C@H]2[C@@H]3C(=O)[C@H](Br)[C@H]4[C@H]([C@@H]2C2(CCCC2)[C@@H]34)[C@@H]1Br. The molecule has 0 unspecified atom stereocenters. The Kier molecular flexibility index (Phi) is 2.11. The van der Waals surface area contributed by atoms with E-state index in [4.69, 9.17) is 0 Å². The van der Waals surface area contributed by atoms with E-state index in [2.05, 4.69) is 31.9 Å². The van der Waals surface area contributed by atoms with Gasteiger partial charge in [-0.3, -0.25) is 9.59 Å². The summed E-state index contributed by atoms with van der Waals surface area (Å²) in [5.41, 5.74) is 0.348. The minimum absolute atomic E-state index is 0.0214. The molecule has 0 aromatic heterocycles. The largest absolute Gasteiger partial charge is 0.298 e. The van der Waals surface area contributed by atoms with Gasteiger partial charge >= 0.3 is 0 Å². The molecule has 5 rings (SSSR count). The molecule has 2 bridgehead atoms. The van der Waals surface area contributed by atoms with Crippen molar-refractivity contribution in [2.45, 2.75) is 35.3 Å². The smallest absolute Gasteiger partial charge is 0.150 e. The Balaban J connectivity index is 1.76. The van der Waals surface area contributed by atoms with E-state index < -0.39 is 0 Å². The van der Waals surface area contributed by atoms with Crippen LogP contribution in [0.5, 0.6) is 0 Å². The second-order valence-corrected chi connectivity index (χ2v) is 9.28. The number of hydrogen-bond acceptors (Lipinski definition) is 2. The Hall–Kier alpha value is 0.300. The molecule has 19 heavy (non-hydrogen) atoms. The highest BCUT2D eigenvalue weighted by atomic mass is 79.9. The Morgan fingerprint density at radius 2 is 1.26 bits per heavy atom. The van der Waals surface area contributed by atoms with Crippen LogP contribution >= 0.6 is 31.9 Å². The van der Waals surface area contributed by atoms with E-state index in [0.717, 1.165) is 0 Å². The van der Waals surface area contributed by atoms with E-state index in [1.807, 2.05) is 0 Å². The van der Waals surface area contributed by atoms with Crippen molar-refractivity contribution in [1.82, 2.24) is 0 Å². The molecule has 0 aromatic rings. The van der Waals surface area contributed by atoms with Crippen molar-refractivity contribution in [3.8, 4) is 0 Å². The van der Waals surface area contributed by atoms with Gasteiger partial charge in [0.25, 0.3) is 0 Å². The van der Waals surface area contributed by atoms with Crippen LogP contribution in [-0.2, 0) is 9.59 Å². The van der Waals surface area contributed by atoms with Crippen molar-refractivity contribution in [1.29, 1.82) is 0 Å². The summed E-state index contributed by atoms with van der Waals surface area (Å²) in [6.45, 7) is 0. The van der Waals surface area contributed by atoms with Gasteiger partial charge in [0.05, 0.1) is 9.65 Å². The molecule has 5 aliphatic rings. The van der Waals surface area contributed by atoms with Crippen molar-refractivity contribution in [2.75, 3.05) is 0 Å². The summed E-state index contributed by atoms with van der Waals surface area (Å²) in [4.78, 5) is 25.2. The number of hydrogen-bond donors (Lipinski definition) is 0. The fourth-order valence-electron chi connectivity index (χ4n) is 7.02. The molecule has 0 amide bonds. The monoisotopic (exact) mass is 386 g/mol. The van der Waals surface area contributed by atoms with E-state index >= 15 is 0 Å². The molecule has 5 fully saturated rings. The molecule has 5 aliphatic carbocycles. The van der Waals surface area contributed by atoms with Gasteiger partial charge in [0, 0.05) is 11.8 Å². The lowest BCUT2D eigenvalue weighted by molar-refractivity contribution is -0.128. The summed E-state index contributed by atoms with van der Waals surface area (Å²) < 4.78 is 0. The first-order valence-electron chi connectivity index (χ1n) is 7.45. The van der Waals surface area contributed by atoms with Crippen LogP contribution in [0.3, 0.4) is 0 Å². The van der Waals surface area contributed by atoms with Gasteiger partial charge in [-0.1, -0.05) is 44.7 Å². The number of halogens is 2. The second kappa shape index (κ2) is 3.37. The number of carbonyl (C=O) groups is 2. The van der Waals surface area contributed by atoms with Crippen LogP contribution in [-0.4, -0.2) is 21.2 Å². The van der Waals surface area contributed by atoms with Crippen LogP contribution in [0.1, 0.15) is 25.7 Å². The summed E-state index contributed by atoms with van der Waals surface area (Å²) in [5.74, 6) is 2.69. The molecule has 0 heterocycles. The van der Waals surface area contributed by atoms with Gasteiger partial charge in [0.2, 0.25) is 0 Å². The molecule has 1 spiro atoms. The molecule has 0 saturated heterocycles.